The number of ketones is 1. The van der Waals surface area contributed by atoms with Crippen molar-refractivity contribution in [1.82, 2.24) is 0 Å². The van der Waals surface area contributed by atoms with Gasteiger partial charge in [-0.3, -0.25) is 0 Å². The maximum Gasteiger partial charge on any atom is 0.129 e. The second-order valence-corrected chi connectivity index (χ2v) is 3.56. The summed E-state index contributed by atoms with van der Waals surface area (Å²) in [6, 6.07) is 7.53. The number of benzene rings is 1. The molecule has 3 heteroatoms. The zero-order valence-electron chi connectivity index (χ0n) is 9.86. The highest BCUT2D eigenvalue weighted by Crippen LogP contribution is 2.19. The molecular formula is C13H18O3. The second-order valence-electron chi connectivity index (χ2n) is 3.56. The first kappa shape index (κ1) is 12.6. The Morgan fingerprint density at radius 3 is 2.56 bits per heavy atom. The molecule has 0 saturated heterocycles. The molecule has 0 aliphatic rings. The molecule has 0 aliphatic carbocycles. The van der Waals surface area contributed by atoms with Gasteiger partial charge in [0.05, 0.1) is 13.2 Å². The first-order valence-corrected chi connectivity index (χ1v) is 5.57. The number of hydrogen-bond acceptors (Lipinski definition) is 3. The molecule has 88 valence electrons. The molecule has 0 amide bonds. The monoisotopic (exact) mass is 222 g/mol. The Balaban J connectivity index is 2.35. The van der Waals surface area contributed by atoms with Gasteiger partial charge < -0.3 is 14.3 Å². The highest BCUT2D eigenvalue weighted by atomic mass is 16.5. The smallest absolute Gasteiger partial charge is 0.129 e. The summed E-state index contributed by atoms with van der Waals surface area (Å²) in [5, 5.41) is 0. The lowest BCUT2D eigenvalue weighted by Gasteiger charge is -2.07. The normalized spacial score (nSPS) is 9.88. The molecule has 3 nitrogen and oxygen atoms in total. The van der Waals surface area contributed by atoms with Gasteiger partial charge in [0.15, 0.2) is 0 Å². The number of carbonyl (C=O) groups is 1. The molecule has 0 fully saturated rings. The Morgan fingerprint density at radius 1 is 1.25 bits per heavy atom. The Hall–Kier alpha value is -1.51. The van der Waals surface area contributed by atoms with E-state index in [1.807, 2.05) is 31.2 Å². The molecular weight excluding hydrogens is 204 g/mol. The summed E-state index contributed by atoms with van der Waals surface area (Å²) < 4.78 is 10.9. The molecule has 0 unspecified atom stereocenters. The maximum atomic E-state index is 10.7. The SMILES string of the molecule is CCOc1cccc(OCCCC(C)=O)c1. The van der Waals surface area contributed by atoms with Crippen LogP contribution in [0.1, 0.15) is 26.7 Å². The summed E-state index contributed by atoms with van der Waals surface area (Å²) in [5.41, 5.74) is 0. The van der Waals surface area contributed by atoms with E-state index in [1.165, 1.54) is 0 Å². The predicted octanol–water partition coefficient (Wildman–Crippen LogP) is 2.83. The van der Waals surface area contributed by atoms with Crippen molar-refractivity contribution in [2.75, 3.05) is 13.2 Å². The molecule has 0 aromatic heterocycles. The van der Waals surface area contributed by atoms with Crippen LogP contribution in [0.2, 0.25) is 0 Å². The highest BCUT2D eigenvalue weighted by molar-refractivity contribution is 5.75. The molecule has 0 saturated carbocycles. The number of Topliss-reactive ketones (excluding diaryl/α,β-unsaturated/α-hetero) is 1. The van der Waals surface area contributed by atoms with E-state index in [9.17, 15) is 4.79 Å². The average molecular weight is 222 g/mol. The average Bonchev–Trinajstić information content (AvgIpc) is 2.25. The third kappa shape index (κ3) is 4.82. The molecule has 0 heterocycles. The lowest BCUT2D eigenvalue weighted by molar-refractivity contribution is -0.117. The van der Waals surface area contributed by atoms with Crippen LogP contribution in [0.5, 0.6) is 11.5 Å². The zero-order valence-corrected chi connectivity index (χ0v) is 9.86. The van der Waals surface area contributed by atoms with Gasteiger partial charge in [0.2, 0.25) is 0 Å². The predicted molar refractivity (Wildman–Crippen MR) is 63.0 cm³/mol. The fraction of sp³-hybridized carbons (Fsp3) is 0.462. The van der Waals surface area contributed by atoms with E-state index >= 15 is 0 Å². The Labute approximate surface area is 96.4 Å². The summed E-state index contributed by atoms with van der Waals surface area (Å²) in [5.74, 6) is 1.80. The van der Waals surface area contributed by atoms with E-state index < -0.39 is 0 Å². The summed E-state index contributed by atoms with van der Waals surface area (Å²) in [4.78, 5) is 10.7. The Kier molecular flexibility index (Phi) is 5.40. The minimum atomic E-state index is 0.201. The molecule has 0 radical (unpaired) electrons. The third-order valence-corrected chi connectivity index (χ3v) is 2.06. The quantitative estimate of drug-likeness (QED) is 0.665. The van der Waals surface area contributed by atoms with Crippen LogP contribution in [0, 0.1) is 0 Å². The van der Waals surface area contributed by atoms with Gasteiger partial charge in [-0.1, -0.05) is 6.07 Å². The molecule has 0 atom stereocenters. The number of carbonyl (C=O) groups excluding carboxylic acids is 1. The standard InChI is InChI=1S/C13H18O3/c1-3-15-12-7-4-8-13(10-12)16-9-5-6-11(2)14/h4,7-8,10H,3,5-6,9H2,1-2H3. The zero-order chi connectivity index (χ0) is 11.8. The van der Waals surface area contributed by atoms with Gasteiger partial charge in [0.1, 0.15) is 17.3 Å². The molecule has 0 N–H and O–H groups in total. The van der Waals surface area contributed by atoms with Gasteiger partial charge in [-0.2, -0.15) is 0 Å². The molecule has 0 spiro atoms. The van der Waals surface area contributed by atoms with E-state index in [0.29, 0.717) is 19.6 Å². The van der Waals surface area contributed by atoms with Crippen molar-refractivity contribution < 1.29 is 14.3 Å². The lowest BCUT2D eigenvalue weighted by atomic mass is 10.2. The third-order valence-electron chi connectivity index (χ3n) is 2.06. The van der Waals surface area contributed by atoms with E-state index in [0.717, 1.165) is 17.9 Å². The Morgan fingerprint density at radius 2 is 1.94 bits per heavy atom. The number of rotatable bonds is 7. The van der Waals surface area contributed by atoms with Crippen molar-refractivity contribution in [3.05, 3.63) is 24.3 Å². The first-order valence-electron chi connectivity index (χ1n) is 5.57. The molecule has 1 aromatic carbocycles. The lowest BCUT2D eigenvalue weighted by Crippen LogP contribution is -2.00. The van der Waals surface area contributed by atoms with Crippen LogP contribution in [0.4, 0.5) is 0 Å². The van der Waals surface area contributed by atoms with Gasteiger partial charge in [-0.25, -0.2) is 0 Å². The van der Waals surface area contributed by atoms with Crippen LogP contribution in [-0.4, -0.2) is 19.0 Å². The molecule has 0 aliphatic heterocycles. The van der Waals surface area contributed by atoms with Crippen LogP contribution in [-0.2, 0) is 4.79 Å². The first-order chi connectivity index (χ1) is 7.72. The molecule has 1 aromatic rings. The van der Waals surface area contributed by atoms with Gasteiger partial charge in [0, 0.05) is 12.5 Å². The maximum absolute atomic E-state index is 10.7. The van der Waals surface area contributed by atoms with Gasteiger partial charge >= 0.3 is 0 Å². The van der Waals surface area contributed by atoms with E-state index in [-0.39, 0.29) is 5.78 Å². The molecule has 1 rings (SSSR count). The minimum absolute atomic E-state index is 0.201. The van der Waals surface area contributed by atoms with Crippen LogP contribution >= 0.6 is 0 Å². The van der Waals surface area contributed by atoms with Gasteiger partial charge in [-0.05, 0) is 32.4 Å². The topological polar surface area (TPSA) is 35.5 Å². The van der Waals surface area contributed by atoms with Crippen LogP contribution in [0.3, 0.4) is 0 Å². The van der Waals surface area contributed by atoms with Crippen molar-refractivity contribution >= 4 is 5.78 Å². The number of hydrogen-bond donors (Lipinski definition) is 0. The van der Waals surface area contributed by atoms with Crippen LogP contribution in [0.25, 0.3) is 0 Å². The van der Waals surface area contributed by atoms with Crippen molar-refractivity contribution in [2.24, 2.45) is 0 Å². The summed E-state index contributed by atoms with van der Waals surface area (Å²) in [6.07, 6.45) is 1.33. The largest absolute Gasteiger partial charge is 0.494 e. The minimum Gasteiger partial charge on any atom is -0.494 e. The van der Waals surface area contributed by atoms with Crippen molar-refractivity contribution in [3.63, 3.8) is 0 Å². The van der Waals surface area contributed by atoms with E-state index in [1.54, 1.807) is 6.92 Å². The van der Waals surface area contributed by atoms with Gasteiger partial charge in [0.25, 0.3) is 0 Å². The van der Waals surface area contributed by atoms with Gasteiger partial charge in [-0.15, -0.1) is 0 Å². The highest BCUT2D eigenvalue weighted by Gasteiger charge is 1.98. The Bertz CT molecular complexity index is 334. The van der Waals surface area contributed by atoms with Crippen molar-refractivity contribution in [3.8, 4) is 11.5 Å². The number of ether oxygens (including phenoxy) is 2. The van der Waals surface area contributed by atoms with Crippen LogP contribution < -0.4 is 9.47 Å². The fourth-order valence-electron chi connectivity index (χ4n) is 1.33. The fourth-order valence-corrected chi connectivity index (χ4v) is 1.33. The van der Waals surface area contributed by atoms with E-state index in [2.05, 4.69) is 0 Å². The second kappa shape index (κ2) is 6.88. The van der Waals surface area contributed by atoms with Crippen LogP contribution in [0.15, 0.2) is 24.3 Å². The van der Waals surface area contributed by atoms with Crippen molar-refractivity contribution in [1.29, 1.82) is 0 Å². The molecule has 0 bridgehead atoms. The van der Waals surface area contributed by atoms with E-state index in [4.69, 9.17) is 9.47 Å². The molecule has 16 heavy (non-hydrogen) atoms. The summed E-state index contributed by atoms with van der Waals surface area (Å²) >= 11 is 0. The summed E-state index contributed by atoms with van der Waals surface area (Å²) in [7, 11) is 0. The van der Waals surface area contributed by atoms with Crippen molar-refractivity contribution in [2.45, 2.75) is 26.7 Å². The summed E-state index contributed by atoms with van der Waals surface area (Å²) in [6.45, 7) is 4.75.